The standard InChI is InChI=1S/C14H17NO2S/c1-9-3-5-12(18-9)8-15-10(2)13-7-11(16)4-6-14(13)17/h3-7,10,15-17H,8H2,1-2H3. The molecule has 1 unspecified atom stereocenters. The fourth-order valence-corrected chi connectivity index (χ4v) is 2.67. The highest BCUT2D eigenvalue weighted by Crippen LogP contribution is 2.28. The molecule has 0 radical (unpaired) electrons. The summed E-state index contributed by atoms with van der Waals surface area (Å²) in [5, 5.41) is 22.5. The number of hydrogen-bond donors (Lipinski definition) is 3. The van der Waals surface area contributed by atoms with Crippen LogP contribution in [0.15, 0.2) is 30.3 Å². The van der Waals surface area contributed by atoms with Crippen LogP contribution in [0.25, 0.3) is 0 Å². The van der Waals surface area contributed by atoms with Gasteiger partial charge in [0.05, 0.1) is 0 Å². The first kappa shape index (κ1) is 12.9. The average Bonchev–Trinajstić information content (AvgIpc) is 2.75. The summed E-state index contributed by atoms with van der Waals surface area (Å²) in [4.78, 5) is 2.55. The van der Waals surface area contributed by atoms with Crippen LogP contribution in [-0.2, 0) is 6.54 Å². The minimum Gasteiger partial charge on any atom is -0.508 e. The van der Waals surface area contributed by atoms with Crippen LogP contribution in [0.4, 0.5) is 0 Å². The van der Waals surface area contributed by atoms with Crippen molar-refractivity contribution in [2.75, 3.05) is 0 Å². The van der Waals surface area contributed by atoms with Crippen LogP contribution in [0, 0.1) is 6.92 Å². The molecular formula is C14H17NO2S. The van der Waals surface area contributed by atoms with E-state index in [1.54, 1.807) is 17.4 Å². The minimum absolute atomic E-state index is 0.0143. The Labute approximate surface area is 111 Å². The van der Waals surface area contributed by atoms with E-state index in [1.165, 1.54) is 21.9 Å². The van der Waals surface area contributed by atoms with Crippen molar-refractivity contribution in [3.05, 3.63) is 45.6 Å². The second-order valence-corrected chi connectivity index (χ2v) is 5.73. The molecule has 0 saturated heterocycles. The number of rotatable bonds is 4. The second-order valence-electron chi connectivity index (χ2n) is 4.36. The number of phenolic OH excluding ortho intramolecular Hbond substituents is 2. The molecule has 0 aliphatic rings. The molecule has 1 aromatic heterocycles. The molecule has 0 saturated carbocycles. The summed E-state index contributed by atoms with van der Waals surface area (Å²) in [6.45, 7) is 4.81. The molecule has 3 N–H and O–H groups in total. The van der Waals surface area contributed by atoms with E-state index in [0.717, 1.165) is 6.54 Å². The third kappa shape index (κ3) is 3.03. The number of aromatic hydroxyl groups is 2. The monoisotopic (exact) mass is 263 g/mol. The highest BCUT2D eigenvalue weighted by molar-refractivity contribution is 7.11. The predicted molar refractivity (Wildman–Crippen MR) is 74.1 cm³/mol. The molecule has 4 heteroatoms. The number of thiophene rings is 1. The highest BCUT2D eigenvalue weighted by Gasteiger charge is 2.11. The van der Waals surface area contributed by atoms with Gasteiger partial charge in [-0.15, -0.1) is 11.3 Å². The van der Waals surface area contributed by atoms with Gasteiger partial charge in [-0.2, -0.15) is 0 Å². The van der Waals surface area contributed by atoms with E-state index in [9.17, 15) is 10.2 Å². The van der Waals surface area contributed by atoms with Crippen LogP contribution in [-0.4, -0.2) is 10.2 Å². The van der Waals surface area contributed by atoms with Crippen LogP contribution < -0.4 is 5.32 Å². The summed E-state index contributed by atoms with van der Waals surface area (Å²) < 4.78 is 0. The number of benzene rings is 1. The number of hydrogen-bond acceptors (Lipinski definition) is 4. The van der Waals surface area contributed by atoms with Gasteiger partial charge in [0.15, 0.2) is 0 Å². The lowest BCUT2D eigenvalue weighted by molar-refractivity contribution is 0.441. The quantitative estimate of drug-likeness (QED) is 0.742. The SMILES string of the molecule is Cc1ccc(CNC(C)c2cc(O)ccc2O)s1. The maximum Gasteiger partial charge on any atom is 0.120 e. The molecule has 18 heavy (non-hydrogen) atoms. The Bertz CT molecular complexity index is 536. The third-order valence-corrected chi connectivity index (χ3v) is 3.86. The number of aryl methyl sites for hydroxylation is 1. The van der Waals surface area contributed by atoms with Gasteiger partial charge in [0.25, 0.3) is 0 Å². The van der Waals surface area contributed by atoms with Crippen LogP contribution in [0.1, 0.15) is 28.3 Å². The summed E-state index contributed by atoms with van der Waals surface area (Å²) in [6.07, 6.45) is 0. The zero-order chi connectivity index (χ0) is 13.1. The van der Waals surface area contributed by atoms with E-state index in [2.05, 4.69) is 24.4 Å². The maximum absolute atomic E-state index is 9.76. The van der Waals surface area contributed by atoms with Crippen molar-refractivity contribution in [3.8, 4) is 11.5 Å². The first-order valence-corrected chi connectivity index (χ1v) is 6.68. The van der Waals surface area contributed by atoms with Gasteiger partial charge in [-0.25, -0.2) is 0 Å². The van der Waals surface area contributed by atoms with Crippen molar-refractivity contribution in [1.82, 2.24) is 5.32 Å². The van der Waals surface area contributed by atoms with Gasteiger partial charge in [0, 0.05) is 27.9 Å². The molecule has 3 nitrogen and oxygen atoms in total. The van der Waals surface area contributed by atoms with Crippen molar-refractivity contribution in [2.24, 2.45) is 0 Å². The Hall–Kier alpha value is -1.52. The fourth-order valence-electron chi connectivity index (χ4n) is 1.83. The van der Waals surface area contributed by atoms with Gasteiger partial charge in [-0.3, -0.25) is 0 Å². The largest absolute Gasteiger partial charge is 0.508 e. The molecule has 96 valence electrons. The van der Waals surface area contributed by atoms with Crippen LogP contribution in [0.5, 0.6) is 11.5 Å². The Morgan fingerprint density at radius 1 is 1.22 bits per heavy atom. The van der Waals surface area contributed by atoms with Gasteiger partial charge < -0.3 is 15.5 Å². The smallest absolute Gasteiger partial charge is 0.120 e. The van der Waals surface area contributed by atoms with Crippen molar-refractivity contribution in [1.29, 1.82) is 0 Å². The van der Waals surface area contributed by atoms with Crippen LogP contribution in [0.3, 0.4) is 0 Å². The Morgan fingerprint density at radius 2 is 2.00 bits per heavy atom. The summed E-state index contributed by atoms with van der Waals surface area (Å²) >= 11 is 1.76. The molecule has 0 bridgehead atoms. The molecule has 2 rings (SSSR count). The van der Waals surface area contributed by atoms with Crippen LogP contribution in [0.2, 0.25) is 0 Å². The van der Waals surface area contributed by atoms with E-state index >= 15 is 0 Å². The number of nitrogens with one attached hydrogen (secondary N) is 1. The van der Waals surface area contributed by atoms with Crippen molar-refractivity contribution in [3.63, 3.8) is 0 Å². The van der Waals surface area contributed by atoms with Crippen molar-refractivity contribution < 1.29 is 10.2 Å². The predicted octanol–water partition coefficient (Wildman–Crippen LogP) is 3.32. The van der Waals surface area contributed by atoms with E-state index in [1.807, 2.05) is 6.92 Å². The molecule has 0 fully saturated rings. The lowest BCUT2D eigenvalue weighted by Gasteiger charge is -2.15. The van der Waals surface area contributed by atoms with Gasteiger partial charge in [-0.1, -0.05) is 0 Å². The zero-order valence-corrected chi connectivity index (χ0v) is 11.3. The summed E-state index contributed by atoms with van der Waals surface area (Å²) in [6, 6.07) is 8.76. The number of phenols is 2. The van der Waals surface area contributed by atoms with E-state index in [-0.39, 0.29) is 17.5 Å². The molecular weight excluding hydrogens is 246 g/mol. The maximum atomic E-state index is 9.76. The lowest BCUT2D eigenvalue weighted by atomic mass is 10.1. The normalized spacial score (nSPS) is 12.6. The molecule has 0 aliphatic heterocycles. The zero-order valence-electron chi connectivity index (χ0n) is 10.5. The highest BCUT2D eigenvalue weighted by atomic mass is 32.1. The molecule has 1 heterocycles. The molecule has 1 aromatic carbocycles. The topological polar surface area (TPSA) is 52.5 Å². The Morgan fingerprint density at radius 3 is 2.67 bits per heavy atom. The summed E-state index contributed by atoms with van der Waals surface area (Å²) in [5.41, 5.74) is 0.711. The lowest BCUT2D eigenvalue weighted by Crippen LogP contribution is -2.17. The van der Waals surface area contributed by atoms with Crippen LogP contribution >= 0.6 is 11.3 Å². The second kappa shape index (κ2) is 5.42. The van der Waals surface area contributed by atoms with E-state index < -0.39 is 0 Å². The fraction of sp³-hybridized carbons (Fsp3) is 0.286. The molecule has 0 aliphatic carbocycles. The first-order chi connectivity index (χ1) is 8.56. The van der Waals surface area contributed by atoms with Gasteiger partial charge in [-0.05, 0) is 44.2 Å². The Balaban J connectivity index is 2.03. The van der Waals surface area contributed by atoms with Gasteiger partial charge in [0.2, 0.25) is 0 Å². The van der Waals surface area contributed by atoms with E-state index in [4.69, 9.17) is 0 Å². The molecule has 1 atom stereocenters. The Kier molecular flexibility index (Phi) is 3.89. The molecule has 0 amide bonds. The minimum atomic E-state index is -0.0143. The van der Waals surface area contributed by atoms with E-state index in [0.29, 0.717) is 5.56 Å². The summed E-state index contributed by atoms with van der Waals surface area (Å²) in [5.74, 6) is 0.374. The first-order valence-electron chi connectivity index (χ1n) is 5.87. The molecule has 0 spiro atoms. The van der Waals surface area contributed by atoms with Crippen molar-refractivity contribution >= 4 is 11.3 Å². The molecule has 2 aromatic rings. The van der Waals surface area contributed by atoms with Gasteiger partial charge in [0.1, 0.15) is 11.5 Å². The third-order valence-electron chi connectivity index (χ3n) is 2.86. The summed E-state index contributed by atoms with van der Waals surface area (Å²) in [7, 11) is 0. The van der Waals surface area contributed by atoms with Gasteiger partial charge >= 0.3 is 0 Å². The van der Waals surface area contributed by atoms with Crippen molar-refractivity contribution in [2.45, 2.75) is 26.4 Å². The average molecular weight is 263 g/mol.